The first-order valence-corrected chi connectivity index (χ1v) is 7.21. The van der Waals surface area contributed by atoms with E-state index in [2.05, 4.69) is 52.7 Å². The Hall–Kier alpha value is -1.81. The van der Waals surface area contributed by atoms with Gasteiger partial charge in [-0.25, -0.2) is 0 Å². The van der Waals surface area contributed by atoms with E-state index in [0.29, 0.717) is 11.2 Å². The largest absolute Gasteiger partial charge is 0.317 e. The monoisotopic (exact) mass is 267 g/mol. The second-order valence-electron chi connectivity index (χ2n) is 4.90. The van der Waals surface area contributed by atoms with Crippen LogP contribution in [0.1, 0.15) is 11.5 Å². The molecule has 19 heavy (non-hydrogen) atoms. The first-order chi connectivity index (χ1) is 9.33. The van der Waals surface area contributed by atoms with E-state index < -0.39 is 0 Å². The maximum absolute atomic E-state index is 4.18. The number of thioether (sulfide) groups is 1. The number of nitrogens with zero attached hydrogens (tertiary/aromatic N) is 3. The van der Waals surface area contributed by atoms with Crippen molar-refractivity contribution in [3.63, 3.8) is 0 Å². The van der Waals surface area contributed by atoms with E-state index >= 15 is 0 Å². The summed E-state index contributed by atoms with van der Waals surface area (Å²) < 4.78 is 1.95. The fourth-order valence-electron chi connectivity index (χ4n) is 2.72. The maximum Gasteiger partial charge on any atom is 0.163 e. The molecule has 1 aliphatic heterocycles. The molecule has 2 atom stereocenters. The van der Waals surface area contributed by atoms with Gasteiger partial charge in [-0.2, -0.15) is 0 Å². The molecule has 0 saturated carbocycles. The molecule has 2 unspecified atom stereocenters. The lowest BCUT2D eigenvalue weighted by atomic mass is 9.92. The van der Waals surface area contributed by atoms with E-state index in [-0.39, 0.29) is 0 Å². The van der Waals surface area contributed by atoms with Gasteiger partial charge in [-0.3, -0.25) is 0 Å². The first kappa shape index (κ1) is 11.1. The molecule has 4 rings (SSSR count). The Morgan fingerprint density at radius 1 is 1.21 bits per heavy atom. The van der Waals surface area contributed by atoms with Crippen molar-refractivity contribution in [2.24, 2.45) is 7.05 Å². The summed E-state index contributed by atoms with van der Waals surface area (Å²) in [6, 6.07) is 6.63. The summed E-state index contributed by atoms with van der Waals surface area (Å²) >= 11 is 1.94. The van der Waals surface area contributed by atoms with Gasteiger partial charge >= 0.3 is 0 Å². The van der Waals surface area contributed by atoms with Crippen molar-refractivity contribution in [1.29, 1.82) is 0 Å². The number of hydrogen-bond acceptors (Lipinski definition) is 3. The van der Waals surface area contributed by atoms with Gasteiger partial charge in [0.1, 0.15) is 6.33 Å². The minimum absolute atomic E-state index is 0.526. The fourth-order valence-corrected chi connectivity index (χ4v) is 4.10. The zero-order valence-electron chi connectivity index (χ0n) is 10.5. The number of benzene rings is 1. The summed E-state index contributed by atoms with van der Waals surface area (Å²) in [5.41, 5.74) is 2.57. The Kier molecular flexibility index (Phi) is 2.38. The molecule has 2 aliphatic rings. The van der Waals surface area contributed by atoms with Crippen LogP contribution in [0.2, 0.25) is 0 Å². The number of allylic oxidation sites excluding steroid dienone is 3. The summed E-state index contributed by atoms with van der Waals surface area (Å²) in [7, 11) is 1.97. The number of aryl methyl sites for hydroxylation is 1. The molecule has 94 valence electrons. The minimum Gasteiger partial charge on any atom is -0.317 e. The fraction of sp³-hybridized carbons (Fsp3) is 0.200. The molecule has 2 aromatic rings. The molecular weight excluding hydrogens is 254 g/mol. The second kappa shape index (κ2) is 4.10. The van der Waals surface area contributed by atoms with Crippen LogP contribution in [-0.2, 0) is 7.05 Å². The summed E-state index contributed by atoms with van der Waals surface area (Å²) in [5.74, 6) is 1.45. The quantitative estimate of drug-likeness (QED) is 0.795. The van der Waals surface area contributed by atoms with Gasteiger partial charge in [0.25, 0.3) is 0 Å². The normalized spacial score (nSPS) is 23.4. The van der Waals surface area contributed by atoms with Crippen molar-refractivity contribution in [3.05, 3.63) is 54.4 Å². The summed E-state index contributed by atoms with van der Waals surface area (Å²) in [4.78, 5) is 1.37. The van der Waals surface area contributed by atoms with Gasteiger partial charge in [-0.05, 0) is 11.6 Å². The average molecular weight is 267 g/mol. The molecule has 0 amide bonds. The van der Waals surface area contributed by atoms with Gasteiger partial charge in [-0.15, -0.1) is 22.0 Å². The van der Waals surface area contributed by atoms with Crippen molar-refractivity contribution >= 4 is 11.8 Å². The molecule has 0 saturated heterocycles. The van der Waals surface area contributed by atoms with Crippen LogP contribution >= 0.6 is 11.8 Å². The van der Waals surface area contributed by atoms with Gasteiger partial charge in [0.15, 0.2) is 5.82 Å². The van der Waals surface area contributed by atoms with E-state index in [4.69, 9.17) is 0 Å². The lowest BCUT2D eigenvalue weighted by molar-refractivity contribution is 0.879. The van der Waals surface area contributed by atoms with Gasteiger partial charge in [0.05, 0.1) is 0 Å². The maximum atomic E-state index is 4.18. The molecule has 1 aliphatic carbocycles. The smallest absolute Gasteiger partial charge is 0.163 e. The van der Waals surface area contributed by atoms with Crippen LogP contribution in [0.25, 0.3) is 11.4 Å². The predicted octanol–water partition coefficient (Wildman–Crippen LogP) is 3.17. The molecule has 0 fully saturated rings. The molecule has 3 nitrogen and oxygen atoms in total. The van der Waals surface area contributed by atoms with E-state index in [1.807, 2.05) is 23.4 Å². The van der Waals surface area contributed by atoms with E-state index in [9.17, 15) is 0 Å². The molecule has 0 radical (unpaired) electrons. The van der Waals surface area contributed by atoms with Crippen LogP contribution in [-0.4, -0.2) is 20.0 Å². The van der Waals surface area contributed by atoms with Gasteiger partial charge < -0.3 is 4.57 Å². The Morgan fingerprint density at radius 2 is 2.11 bits per heavy atom. The van der Waals surface area contributed by atoms with Gasteiger partial charge in [-0.1, -0.05) is 36.4 Å². The molecule has 1 aromatic carbocycles. The highest BCUT2D eigenvalue weighted by Crippen LogP contribution is 2.48. The average Bonchev–Trinajstić information content (AvgIpc) is 3.01. The van der Waals surface area contributed by atoms with Crippen LogP contribution in [0.4, 0.5) is 0 Å². The summed E-state index contributed by atoms with van der Waals surface area (Å²) in [6.45, 7) is 0. The van der Waals surface area contributed by atoms with Crippen molar-refractivity contribution in [1.82, 2.24) is 14.8 Å². The summed E-state index contributed by atoms with van der Waals surface area (Å²) in [6.07, 6.45) is 10.6. The number of hydrogen-bond donors (Lipinski definition) is 0. The summed E-state index contributed by atoms with van der Waals surface area (Å²) in [5, 5.41) is 8.68. The van der Waals surface area contributed by atoms with Crippen LogP contribution in [0.5, 0.6) is 0 Å². The van der Waals surface area contributed by atoms with Crippen molar-refractivity contribution in [3.8, 4) is 11.4 Å². The number of rotatable bonds is 1. The van der Waals surface area contributed by atoms with Gasteiger partial charge in [0.2, 0.25) is 0 Å². The van der Waals surface area contributed by atoms with Crippen LogP contribution in [0.3, 0.4) is 0 Å². The zero-order valence-corrected chi connectivity index (χ0v) is 11.3. The lowest BCUT2D eigenvalue weighted by Crippen LogP contribution is -2.06. The SMILES string of the molecule is Cn1cnnc1-c1ccc2c(c1)SC1C=CC=CC21. The minimum atomic E-state index is 0.526. The molecule has 0 spiro atoms. The van der Waals surface area contributed by atoms with Crippen molar-refractivity contribution in [2.45, 2.75) is 16.1 Å². The van der Waals surface area contributed by atoms with Crippen LogP contribution in [0.15, 0.2) is 53.7 Å². The number of aromatic nitrogens is 3. The topological polar surface area (TPSA) is 30.7 Å². The third-order valence-corrected chi connectivity index (χ3v) is 5.02. The first-order valence-electron chi connectivity index (χ1n) is 6.33. The highest BCUT2D eigenvalue weighted by Gasteiger charge is 2.31. The van der Waals surface area contributed by atoms with Gasteiger partial charge in [0, 0.05) is 28.7 Å². The van der Waals surface area contributed by atoms with E-state index in [0.717, 1.165) is 11.4 Å². The Balaban J connectivity index is 1.79. The Bertz CT molecular complexity index is 699. The Labute approximate surface area is 116 Å². The zero-order chi connectivity index (χ0) is 12.8. The number of fused-ring (bicyclic) bond motifs is 3. The molecule has 2 heterocycles. The Morgan fingerprint density at radius 3 is 2.95 bits per heavy atom. The molecule has 1 aromatic heterocycles. The molecule has 4 heteroatoms. The lowest BCUT2D eigenvalue weighted by Gasteiger charge is -2.14. The van der Waals surface area contributed by atoms with Crippen LogP contribution < -0.4 is 0 Å². The van der Waals surface area contributed by atoms with E-state index in [1.165, 1.54) is 10.5 Å². The van der Waals surface area contributed by atoms with Crippen LogP contribution in [0, 0.1) is 0 Å². The highest BCUT2D eigenvalue weighted by molar-refractivity contribution is 8.00. The molecule has 0 bridgehead atoms. The third-order valence-electron chi connectivity index (χ3n) is 3.69. The van der Waals surface area contributed by atoms with Crippen molar-refractivity contribution < 1.29 is 0 Å². The second-order valence-corrected chi connectivity index (χ2v) is 6.12. The highest BCUT2D eigenvalue weighted by atomic mass is 32.2. The third kappa shape index (κ3) is 1.67. The standard InChI is InChI=1S/C15H13N3S/c1-18-9-16-17-15(18)10-6-7-12-11-4-2-3-5-13(11)19-14(12)8-10/h2-9,11,13H,1H3. The molecule has 0 N–H and O–H groups in total. The van der Waals surface area contributed by atoms with E-state index in [1.54, 1.807) is 6.33 Å². The predicted molar refractivity (Wildman–Crippen MR) is 77.1 cm³/mol. The molecular formula is C15H13N3S. The van der Waals surface area contributed by atoms with Crippen molar-refractivity contribution in [2.75, 3.05) is 0 Å².